The number of hydrogen-bond donors (Lipinski definition) is 0. The average Bonchev–Trinajstić information content (AvgIpc) is 3.18. The highest BCUT2D eigenvalue weighted by molar-refractivity contribution is 7.89. The number of sulfonamides is 1. The number of carbonyl (C=O) groups is 1. The van der Waals surface area contributed by atoms with Gasteiger partial charge >= 0.3 is 0 Å². The summed E-state index contributed by atoms with van der Waals surface area (Å²) in [6.07, 6.45) is 3.55. The maximum atomic E-state index is 12.9. The van der Waals surface area contributed by atoms with Crippen LogP contribution in [0.1, 0.15) is 36.0 Å². The first-order valence-electron chi connectivity index (χ1n) is 10.5. The third-order valence-corrected chi connectivity index (χ3v) is 8.00. The average molecular weight is 429 g/mol. The largest absolute Gasteiger partial charge is 0.483 e. The summed E-state index contributed by atoms with van der Waals surface area (Å²) >= 11 is 0. The van der Waals surface area contributed by atoms with E-state index in [1.807, 2.05) is 32.0 Å². The van der Waals surface area contributed by atoms with E-state index in [0.717, 1.165) is 41.6 Å². The van der Waals surface area contributed by atoms with Gasteiger partial charge in [0.25, 0.3) is 5.91 Å². The van der Waals surface area contributed by atoms with Gasteiger partial charge in [0.1, 0.15) is 5.75 Å². The van der Waals surface area contributed by atoms with Crippen LogP contribution in [0.25, 0.3) is 0 Å². The Labute approximate surface area is 178 Å². The first kappa shape index (κ1) is 20.9. The van der Waals surface area contributed by atoms with Crippen LogP contribution in [-0.2, 0) is 21.2 Å². The second-order valence-electron chi connectivity index (χ2n) is 8.04. The molecule has 1 amide bonds. The zero-order chi connectivity index (χ0) is 21.3. The van der Waals surface area contributed by atoms with Gasteiger partial charge in [-0.05, 0) is 74.1 Å². The fraction of sp³-hybridized carbons (Fsp3) is 0.435. The SMILES string of the molecule is Cc1cccc(OCC(=O)N2CCc3cc(S(=O)(=O)N4CCCCC4)ccc32)c1C. The lowest BCUT2D eigenvalue weighted by atomic mass is 10.1. The van der Waals surface area contributed by atoms with E-state index in [9.17, 15) is 13.2 Å². The van der Waals surface area contributed by atoms with Crippen LogP contribution >= 0.6 is 0 Å². The minimum Gasteiger partial charge on any atom is -0.483 e. The Morgan fingerprint density at radius 1 is 1.03 bits per heavy atom. The van der Waals surface area contributed by atoms with E-state index in [0.29, 0.717) is 36.7 Å². The van der Waals surface area contributed by atoms with Gasteiger partial charge < -0.3 is 9.64 Å². The number of amides is 1. The summed E-state index contributed by atoms with van der Waals surface area (Å²) in [5.74, 6) is 0.590. The first-order valence-corrected chi connectivity index (χ1v) is 11.9. The lowest BCUT2D eigenvalue weighted by Gasteiger charge is -2.26. The number of fused-ring (bicyclic) bond motifs is 1. The van der Waals surface area contributed by atoms with E-state index in [4.69, 9.17) is 4.74 Å². The van der Waals surface area contributed by atoms with Gasteiger partial charge in [-0.15, -0.1) is 0 Å². The van der Waals surface area contributed by atoms with E-state index in [1.165, 1.54) is 0 Å². The van der Waals surface area contributed by atoms with Crippen LogP contribution in [-0.4, -0.2) is 44.9 Å². The molecule has 1 fully saturated rings. The first-order chi connectivity index (χ1) is 14.4. The van der Waals surface area contributed by atoms with E-state index >= 15 is 0 Å². The van der Waals surface area contributed by atoms with Crippen LogP contribution in [0.15, 0.2) is 41.3 Å². The minimum absolute atomic E-state index is 0.0441. The highest BCUT2D eigenvalue weighted by Gasteiger charge is 2.30. The molecule has 2 aliphatic heterocycles. The summed E-state index contributed by atoms with van der Waals surface area (Å²) in [7, 11) is -3.47. The maximum absolute atomic E-state index is 12.9. The van der Waals surface area contributed by atoms with E-state index < -0.39 is 10.0 Å². The quantitative estimate of drug-likeness (QED) is 0.732. The molecular formula is C23H28N2O4S. The molecule has 0 aliphatic carbocycles. The molecule has 0 saturated carbocycles. The van der Waals surface area contributed by atoms with Gasteiger partial charge in [-0.2, -0.15) is 4.31 Å². The van der Waals surface area contributed by atoms with Gasteiger partial charge in [0.15, 0.2) is 6.61 Å². The molecule has 6 nitrogen and oxygen atoms in total. The smallest absolute Gasteiger partial charge is 0.264 e. The Hall–Kier alpha value is -2.38. The number of ether oxygens (including phenoxy) is 1. The molecule has 2 aromatic rings. The number of benzene rings is 2. The predicted molar refractivity (Wildman–Crippen MR) is 117 cm³/mol. The monoisotopic (exact) mass is 428 g/mol. The fourth-order valence-electron chi connectivity index (χ4n) is 4.15. The molecule has 0 N–H and O–H groups in total. The topological polar surface area (TPSA) is 66.9 Å². The van der Waals surface area contributed by atoms with Crippen molar-refractivity contribution in [2.45, 2.75) is 44.4 Å². The molecule has 2 aromatic carbocycles. The molecule has 30 heavy (non-hydrogen) atoms. The van der Waals surface area contributed by atoms with Gasteiger partial charge in [0, 0.05) is 25.3 Å². The van der Waals surface area contributed by atoms with Gasteiger partial charge in [0.2, 0.25) is 10.0 Å². The fourth-order valence-corrected chi connectivity index (χ4v) is 5.72. The summed E-state index contributed by atoms with van der Waals surface area (Å²) in [6.45, 7) is 5.65. The van der Waals surface area contributed by atoms with Crippen LogP contribution in [0, 0.1) is 13.8 Å². The van der Waals surface area contributed by atoms with Gasteiger partial charge in [0.05, 0.1) is 4.90 Å². The maximum Gasteiger partial charge on any atom is 0.264 e. The zero-order valence-corrected chi connectivity index (χ0v) is 18.4. The van der Waals surface area contributed by atoms with Crippen molar-refractivity contribution in [1.82, 2.24) is 4.31 Å². The summed E-state index contributed by atoms with van der Waals surface area (Å²) in [4.78, 5) is 14.8. The van der Waals surface area contributed by atoms with Crippen molar-refractivity contribution in [3.05, 3.63) is 53.1 Å². The molecule has 0 spiro atoms. The number of anilines is 1. The highest BCUT2D eigenvalue weighted by Crippen LogP contribution is 2.32. The molecule has 0 atom stereocenters. The van der Waals surface area contributed by atoms with Crippen molar-refractivity contribution in [3.63, 3.8) is 0 Å². The van der Waals surface area contributed by atoms with E-state index in [-0.39, 0.29) is 12.5 Å². The number of aryl methyl sites for hydroxylation is 1. The Balaban J connectivity index is 1.48. The van der Waals surface area contributed by atoms with Crippen LogP contribution in [0.3, 0.4) is 0 Å². The van der Waals surface area contributed by atoms with Crippen molar-refractivity contribution < 1.29 is 17.9 Å². The van der Waals surface area contributed by atoms with Gasteiger partial charge in [-0.25, -0.2) is 8.42 Å². The molecule has 0 aromatic heterocycles. The van der Waals surface area contributed by atoms with Crippen molar-refractivity contribution >= 4 is 21.6 Å². The predicted octanol–water partition coefficient (Wildman–Crippen LogP) is 3.45. The molecule has 0 bridgehead atoms. The standard InChI is InChI=1S/C23H28N2O4S/c1-17-7-6-8-22(18(17)2)29-16-23(26)25-14-11-19-15-20(9-10-21(19)25)30(27,28)24-12-4-3-5-13-24/h6-10,15H,3-5,11-14,16H2,1-2H3. The molecular weight excluding hydrogens is 400 g/mol. The minimum atomic E-state index is -3.47. The van der Waals surface area contributed by atoms with Crippen LogP contribution < -0.4 is 9.64 Å². The molecule has 4 rings (SSSR count). The molecule has 2 heterocycles. The van der Waals surface area contributed by atoms with Gasteiger partial charge in [-0.3, -0.25) is 4.79 Å². The Morgan fingerprint density at radius 3 is 2.57 bits per heavy atom. The second-order valence-corrected chi connectivity index (χ2v) is 9.98. The molecule has 7 heteroatoms. The Bertz CT molecular complexity index is 1060. The number of carbonyl (C=O) groups excluding carboxylic acids is 1. The molecule has 0 radical (unpaired) electrons. The number of nitrogens with zero attached hydrogens (tertiary/aromatic N) is 2. The van der Waals surface area contributed by atoms with Crippen LogP contribution in [0.4, 0.5) is 5.69 Å². The highest BCUT2D eigenvalue weighted by atomic mass is 32.2. The Kier molecular flexibility index (Phi) is 5.84. The van der Waals surface area contributed by atoms with Gasteiger partial charge in [-0.1, -0.05) is 18.6 Å². The van der Waals surface area contributed by atoms with Crippen molar-refractivity contribution in [3.8, 4) is 5.75 Å². The lowest BCUT2D eigenvalue weighted by molar-refractivity contribution is -0.120. The molecule has 0 unspecified atom stereocenters. The van der Waals surface area contributed by atoms with Crippen molar-refractivity contribution in [1.29, 1.82) is 0 Å². The third kappa shape index (κ3) is 3.96. The molecule has 2 aliphatic rings. The number of piperidine rings is 1. The van der Waals surface area contributed by atoms with E-state index in [2.05, 4.69) is 0 Å². The normalized spacial score (nSPS) is 17.1. The Morgan fingerprint density at radius 2 is 1.80 bits per heavy atom. The van der Waals surface area contributed by atoms with E-state index in [1.54, 1.807) is 27.4 Å². The second kappa shape index (κ2) is 8.40. The summed E-state index contributed by atoms with van der Waals surface area (Å²) in [6, 6.07) is 10.9. The molecule has 160 valence electrons. The van der Waals surface area contributed by atoms with Crippen LogP contribution in [0.2, 0.25) is 0 Å². The molecule has 1 saturated heterocycles. The third-order valence-electron chi connectivity index (χ3n) is 6.11. The van der Waals surface area contributed by atoms with Crippen LogP contribution in [0.5, 0.6) is 5.75 Å². The summed E-state index contributed by atoms with van der Waals surface area (Å²) in [5.41, 5.74) is 3.82. The van der Waals surface area contributed by atoms with Crippen molar-refractivity contribution in [2.75, 3.05) is 31.1 Å². The summed E-state index contributed by atoms with van der Waals surface area (Å²) < 4.78 is 33.2. The lowest BCUT2D eigenvalue weighted by Crippen LogP contribution is -2.35. The number of rotatable bonds is 5. The number of hydrogen-bond acceptors (Lipinski definition) is 4. The summed E-state index contributed by atoms with van der Waals surface area (Å²) in [5, 5.41) is 0. The van der Waals surface area contributed by atoms with Crippen molar-refractivity contribution in [2.24, 2.45) is 0 Å². The zero-order valence-electron chi connectivity index (χ0n) is 17.6.